The molecule has 1 N–H and O–H groups in total. The molecule has 156 valence electrons. The molecule has 1 saturated heterocycles. The molecule has 3 aromatic rings. The monoisotopic (exact) mass is 409 g/mol. The first kappa shape index (κ1) is 19.1. The molecule has 1 aromatic heterocycles. The molecule has 0 saturated carbocycles. The van der Waals surface area contributed by atoms with Gasteiger partial charge in [-0.2, -0.15) is 5.16 Å². The number of hydrogen-bond acceptors (Lipinski definition) is 5. The van der Waals surface area contributed by atoms with Gasteiger partial charge >= 0.3 is 0 Å². The van der Waals surface area contributed by atoms with E-state index in [1.165, 1.54) is 5.56 Å². The number of piperidine rings is 1. The number of likely N-dealkylation sites (tertiary alicyclic amines) is 1. The highest BCUT2D eigenvalue weighted by molar-refractivity contribution is 6.03. The summed E-state index contributed by atoms with van der Waals surface area (Å²) in [4.78, 5) is 19.7. The van der Waals surface area contributed by atoms with E-state index < -0.39 is 0 Å². The van der Waals surface area contributed by atoms with Crippen molar-refractivity contribution in [2.24, 2.45) is 11.1 Å². The molecule has 0 bridgehead atoms. The number of oxime groups is 1. The lowest BCUT2D eigenvalue weighted by Gasteiger charge is -2.33. The lowest BCUT2D eigenvalue weighted by molar-refractivity contribution is 0.0419. The van der Waals surface area contributed by atoms with Gasteiger partial charge in [0.1, 0.15) is 11.9 Å². The summed E-state index contributed by atoms with van der Waals surface area (Å²) < 4.78 is 18.3. The number of fused-ring (bicyclic) bond motifs is 1. The second kappa shape index (κ2) is 8.07. The Kier molecular flexibility index (Phi) is 5.12. The van der Waals surface area contributed by atoms with Crippen molar-refractivity contribution < 1.29 is 13.8 Å². The van der Waals surface area contributed by atoms with Crippen LogP contribution in [0.5, 0.6) is 0 Å². The Morgan fingerprint density at radius 1 is 1.13 bits per heavy atom. The Hall–Kier alpha value is -2.93. The van der Waals surface area contributed by atoms with Crippen molar-refractivity contribution in [2.75, 3.05) is 19.6 Å². The van der Waals surface area contributed by atoms with E-state index >= 15 is 0 Å². The minimum absolute atomic E-state index is 0.0441. The highest BCUT2D eigenvalue weighted by Gasteiger charge is 2.27. The first-order valence-electron chi connectivity index (χ1n) is 10.4. The van der Waals surface area contributed by atoms with E-state index in [0.29, 0.717) is 16.9 Å². The molecule has 1 fully saturated rings. The molecule has 2 aliphatic heterocycles. The van der Waals surface area contributed by atoms with Crippen LogP contribution in [0.4, 0.5) is 4.39 Å². The molecule has 6 nitrogen and oxygen atoms in total. The third-order valence-electron chi connectivity index (χ3n) is 6.15. The number of hydrogen-bond donors (Lipinski definition) is 1. The summed E-state index contributed by atoms with van der Waals surface area (Å²) in [5, 5.41) is 7.17. The van der Waals surface area contributed by atoms with Crippen LogP contribution in [0.15, 0.2) is 56.9 Å². The van der Waals surface area contributed by atoms with Crippen molar-refractivity contribution >= 4 is 16.7 Å². The molecule has 2 aliphatic rings. The Morgan fingerprint density at radius 3 is 2.73 bits per heavy atom. The molecule has 0 spiro atoms. The highest BCUT2D eigenvalue weighted by Crippen LogP contribution is 2.25. The van der Waals surface area contributed by atoms with Gasteiger partial charge in [0.2, 0.25) is 0 Å². The predicted octanol–water partition coefficient (Wildman–Crippen LogP) is 3.71. The van der Waals surface area contributed by atoms with Crippen molar-refractivity contribution in [3.05, 3.63) is 69.8 Å². The van der Waals surface area contributed by atoms with Crippen LogP contribution < -0.4 is 5.56 Å². The number of benzene rings is 2. The number of rotatable bonds is 5. The number of nitrogens with zero attached hydrogens (tertiary/aromatic N) is 2. The van der Waals surface area contributed by atoms with Crippen molar-refractivity contribution in [2.45, 2.75) is 31.8 Å². The topological polar surface area (TPSA) is 70.8 Å². The summed E-state index contributed by atoms with van der Waals surface area (Å²) >= 11 is 0. The molecule has 0 radical (unpaired) electrons. The van der Waals surface area contributed by atoms with Crippen molar-refractivity contribution in [1.82, 2.24) is 10.1 Å². The standard InChI is InChI=1S/C23H24FN3O3/c24-18-4-1-15(2-5-18)11-16-7-9-27(10-8-16)14-19-13-21(25-29-19)17-3-6-20-22(12-17)30-26-23(20)28/h1-6,12,16,19H,7-11,13-14H2,(H,26,28)/t19-/m1/s1. The van der Waals surface area contributed by atoms with E-state index in [-0.39, 0.29) is 17.5 Å². The van der Waals surface area contributed by atoms with E-state index in [0.717, 1.165) is 56.6 Å². The fourth-order valence-corrected chi connectivity index (χ4v) is 4.44. The van der Waals surface area contributed by atoms with E-state index in [1.54, 1.807) is 18.2 Å². The van der Waals surface area contributed by atoms with Gasteiger partial charge in [0.05, 0.1) is 11.1 Å². The summed E-state index contributed by atoms with van der Waals surface area (Å²) in [7, 11) is 0. The summed E-state index contributed by atoms with van der Waals surface area (Å²) in [5.41, 5.74) is 3.33. The molecule has 3 heterocycles. The van der Waals surface area contributed by atoms with Crippen LogP contribution in [0, 0.1) is 11.7 Å². The van der Waals surface area contributed by atoms with Crippen LogP contribution in [0.1, 0.15) is 30.4 Å². The molecule has 0 aliphatic carbocycles. The zero-order valence-corrected chi connectivity index (χ0v) is 16.6. The van der Waals surface area contributed by atoms with Gasteiger partial charge in [0.15, 0.2) is 5.58 Å². The average molecular weight is 409 g/mol. The molecule has 0 amide bonds. The van der Waals surface area contributed by atoms with E-state index in [2.05, 4.69) is 15.2 Å². The number of H-pyrrole nitrogens is 1. The lowest BCUT2D eigenvalue weighted by Crippen LogP contribution is -2.39. The van der Waals surface area contributed by atoms with Crippen LogP contribution in [0.2, 0.25) is 0 Å². The van der Waals surface area contributed by atoms with Gasteiger partial charge in [-0.1, -0.05) is 23.4 Å². The van der Waals surface area contributed by atoms with Gasteiger partial charge < -0.3 is 9.36 Å². The maximum absolute atomic E-state index is 13.1. The Balaban J connectivity index is 1.12. The second-order valence-electron chi connectivity index (χ2n) is 8.29. The third-order valence-corrected chi connectivity index (χ3v) is 6.15. The Morgan fingerprint density at radius 2 is 1.93 bits per heavy atom. The summed E-state index contributed by atoms with van der Waals surface area (Å²) in [6.07, 6.45) is 4.08. The quantitative estimate of drug-likeness (QED) is 0.697. The van der Waals surface area contributed by atoms with Crippen LogP contribution in [0.3, 0.4) is 0 Å². The first-order valence-corrected chi connectivity index (χ1v) is 10.4. The van der Waals surface area contributed by atoms with Crippen LogP contribution in [-0.2, 0) is 11.3 Å². The van der Waals surface area contributed by atoms with E-state index in [1.807, 2.05) is 24.3 Å². The molecule has 5 rings (SSSR count). The van der Waals surface area contributed by atoms with Gasteiger partial charge in [0, 0.05) is 18.5 Å². The van der Waals surface area contributed by atoms with Gasteiger partial charge in [0.25, 0.3) is 5.56 Å². The number of aromatic nitrogens is 1. The van der Waals surface area contributed by atoms with Crippen LogP contribution in [0.25, 0.3) is 11.0 Å². The van der Waals surface area contributed by atoms with E-state index in [4.69, 9.17) is 9.36 Å². The zero-order chi connectivity index (χ0) is 20.5. The molecular weight excluding hydrogens is 385 g/mol. The number of nitrogens with one attached hydrogen (secondary N) is 1. The molecule has 30 heavy (non-hydrogen) atoms. The van der Waals surface area contributed by atoms with Crippen LogP contribution in [-0.4, -0.2) is 41.5 Å². The van der Waals surface area contributed by atoms with E-state index in [9.17, 15) is 9.18 Å². The highest BCUT2D eigenvalue weighted by atomic mass is 19.1. The van der Waals surface area contributed by atoms with Crippen LogP contribution >= 0.6 is 0 Å². The van der Waals surface area contributed by atoms with Gasteiger partial charge in [-0.3, -0.25) is 9.69 Å². The largest absolute Gasteiger partial charge is 0.390 e. The second-order valence-corrected chi connectivity index (χ2v) is 8.29. The number of halogens is 1. The molecule has 0 unspecified atom stereocenters. The minimum Gasteiger partial charge on any atom is -0.390 e. The maximum atomic E-state index is 13.1. The Labute approximate surface area is 173 Å². The normalized spacial score (nSPS) is 20.4. The summed E-state index contributed by atoms with van der Waals surface area (Å²) in [5.74, 6) is 0.468. The first-order chi connectivity index (χ1) is 14.6. The molecule has 1 atom stereocenters. The fourth-order valence-electron chi connectivity index (χ4n) is 4.44. The van der Waals surface area contributed by atoms with Crippen molar-refractivity contribution in [3.63, 3.8) is 0 Å². The zero-order valence-electron chi connectivity index (χ0n) is 16.6. The number of aromatic amines is 1. The summed E-state index contributed by atoms with van der Waals surface area (Å²) in [6, 6.07) is 12.3. The average Bonchev–Trinajstić information content (AvgIpc) is 3.38. The molecular formula is C23H24FN3O3. The van der Waals surface area contributed by atoms with Gasteiger partial charge in [-0.05, 0) is 68.1 Å². The molecule has 2 aromatic carbocycles. The fraction of sp³-hybridized carbons (Fsp3) is 0.391. The third kappa shape index (κ3) is 4.03. The summed E-state index contributed by atoms with van der Waals surface area (Å²) in [6.45, 7) is 2.95. The smallest absolute Gasteiger partial charge is 0.287 e. The minimum atomic E-state index is -0.220. The van der Waals surface area contributed by atoms with Crippen molar-refractivity contribution in [1.29, 1.82) is 0 Å². The SMILES string of the molecule is O=c1[nH]oc2cc(C3=NO[C@@H](CN4CCC(Cc5ccc(F)cc5)CC4)C3)ccc12. The molecule has 7 heteroatoms. The lowest BCUT2D eigenvalue weighted by atomic mass is 9.90. The Bertz CT molecular complexity index is 1110. The maximum Gasteiger partial charge on any atom is 0.287 e. The van der Waals surface area contributed by atoms with Crippen molar-refractivity contribution in [3.8, 4) is 0 Å². The van der Waals surface area contributed by atoms with Gasteiger partial charge in [-0.15, -0.1) is 0 Å². The predicted molar refractivity (Wildman–Crippen MR) is 112 cm³/mol. The van der Waals surface area contributed by atoms with Gasteiger partial charge in [-0.25, -0.2) is 4.39 Å².